The van der Waals surface area contributed by atoms with Crippen molar-refractivity contribution >= 4 is 36.7 Å². The van der Waals surface area contributed by atoms with Gasteiger partial charge >= 0.3 is 0 Å². The average molecular weight is 484 g/mol. The predicted octanol–water partition coefficient (Wildman–Crippen LogP) is 4.65. The number of benzene rings is 1. The summed E-state index contributed by atoms with van der Waals surface area (Å²) in [7, 11) is -3.22. The molecule has 1 fully saturated rings. The predicted molar refractivity (Wildman–Crippen MR) is 129 cm³/mol. The maximum Gasteiger partial charge on any atom is 0.229 e. The van der Waals surface area contributed by atoms with Crippen LogP contribution < -0.4 is 4.90 Å². The van der Waals surface area contributed by atoms with E-state index in [-0.39, 0.29) is 11.8 Å². The number of hydrogen-bond donors (Lipinski definition) is 0. The van der Waals surface area contributed by atoms with Gasteiger partial charge in [0.25, 0.3) is 0 Å². The van der Waals surface area contributed by atoms with Crippen molar-refractivity contribution in [2.24, 2.45) is 0 Å². The molecule has 1 saturated heterocycles. The standard InChI is InChI=1S/C23H25N5O3S2/c1-14(2)20-26-21(31-27-20)16-10-12-28(13-11-16)23-25-19-9-8-18(24-22(19)32-23)15-4-6-17(7-5-15)33(3,29)30/h4-9,14,16H,10-13H2,1-3H3. The van der Waals surface area contributed by atoms with E-state index in [1.165, 1.54) is 6.26 Å². The second-order valence-electron chi connectivity index (χ2n) is 8.72. The normalized spacial score (nSPS) is 15.6. The maximum atomic E-state index is 11.7. The molecule has 0 amide bonds. The largest absolute Gasteiger partial charge is 0.348 e. The summed E-state index contributed by atoms with van der Waals surface area (Å²) in [6, 6.07) is 10.7. The molecular formula is C23H25N5O3S2. The van der Waals surface area contributed by atoms with E-state index in [4.69, 9.17) is 14.5 Å². The van der Waals surface area contributed by atoms with Crippen LogP contribution in [0, 0.1) is 0 Å². The second-order valence-corrected chi connectivity index (χ2v) is 11.7. The number of fused-ring (bicyclic) bond motifs is 1. The van der Waals surface area contributed by atoms with E-state index < -0.39 is 9.84 Å². The van der Waals surface area contributed by atoms with E-state index in [9.17, 15) is 8.42 Å². The molecule has 4 heterocycles. The van der Waals surface area contributed by atoms with Crippen molar-refractivity contribution < 1.29 is 12.9 Å². The van der Waals surface area contributed by atoms with Crippen molar-refractivity contribution in [2.45, 2.75) is 43.4 Å². The van der Waals surface area contributed by atoms with Crippen LogP contribution >= 0.6 is 11.3 Å². The van der Waals surface area contributed by atoms with Crippen LogP contribution in [0.1, 0.15) is 50.2 Å². The molecule has 33 heavy (non-hydrogen) atoms. The molecule has 0 unspecified atom stereocenters. The topological polar surface area (TPSA) is 102 Å². The first-order valence-electron chi connectivity index (χ1n) is 10.9. The Morgan fingerprint density at radius 3 is 2.39 bits per heavy atom. The monoisotopic (exact) mass is 483 g/mol. The summed E-state index contributed by atoms with van der Waals surface area (Å²) >= 11 is 1.58. The zero-order chi connectivity index (χ0) is 23.2. The number of nitrogens with zero attached hydrogens (tertiary/aromatic N) is 5. The van der Waals surface area contributed by atoms with Gasteiger partial charge in [-0.2, -0.15) is 4.98 Å². The minimum atomic E-state index is -3.22. The van der Waals surface area contributed by atoms with Crippen LogP contribution in [0.4, 0.5) is 5.13 Å². The Bertz CT molecular complexity index is 1390. The van der Waals surface area contributed by atoms with E-state index in [1.54, 1.807) is 35.6 Å². The van der Waals surface area contributed by atoms with Gasteiger partial charge in [-0.15, -0.1) is 0 Å². The molecule has 0 aliphatic carbocycles. The first-order chi connectivity index (χ1) is 15.8. The average Bonchev–Trinajstić information content (AvgIpc) is 3.46. The third kappa shape index (κ3) is 4.49. The zero-order valence-electron chi connectivity index (χ0n) is 18.7. The van der Waals surface area contributed by atoms with Crippen molar-refractivity contribution in [2.75, 3.05) is 24.2 Å². The summed E-state index contributed by atoms with van der Waals surface area (Å²) in [5.74, 6) is 2.07. The summed E-state index contributed by atoms with van der Waals surface area (Å²) in [4.78, 5) is 17.6. The van der Waals surface area contributed by atoms with Gasteiger partial charge in [0.15, 0.2) is 20.8 Å². The number of rotatable bonds is 5. The highest BCUT2D eigenvalue weighted by Crippen LogP contribution is 2.34. The van der Waals surface area contributed by atoms with Crippen molar-refractivity contribution in [3.8, 4) is 11.3 Å². The van der Waals surface area contributed by atoms with Crippen molar-refractivity contribution in [3.05, 3.63) is 48.1 Å². The summed E-state index contributed by atoms with van der Waals surface area (Å²) in [6.45, 7) is 5.89. The molecule has 10 heteroatoms. The quantitative estimate of drug-likeness (QED) is 0.404. The fourth-order valence-electron chi connectivity index (χ4n) is 3.94. The van der Waals surface area contributed by atoms with Gasteiger partial charge in [-0.05, 0) is 37.1 Å². The molecule has 0 N–H and O–H groups in total. The lowest BCUT2D eigenvalue weighted by Crippen LogP contribution is -2.32. The lowest BCUT2D eigenvalue weighted by Gasteiger charge is -2.29. The van der Waals surface area contributed by atoms with Crippen LogP contribution in [-0.4, -0.2) is 47.9 Å². The highest BCUT2D eigenvalue weighted by atomic mass is 32.2. The van der Waals surface area contributed by atoms with Crippen molar-refractivity contribution in [1.29, 1.82) is 0 Å². The van der Waals surface area contributed by atoms with Gasteiger partial charge in [0.05, 0.1) is 10.6 Å². The highest BCUT2D eigenvalue weighted by molar-refractivity contribution is 7.90. The number of pyridine rings is 1. The van der Waals surface area contributed by atoms with E-state index >= 15 is 0 Å². The number of piperidine rings is 1. The van der Waals surface area contributed by atoms with Gasteiger partial charge in [-0.1, -0.05) is 42.5 Å². The third-order valence-corrected chi connectivity index (χ3v) is 8.07. The van der Waals surface area contributed by atoms with Gasteiger partial charge in [0.2, 0.25) is 5.89 Å². The molecule has 0 radical (unpaired) electrons. The molecule has 8 nitrogen and oxygen atoms in total. The number of sulfone groups is 1. The molecule has 172 valence electrons. The molecular weight excluding hydrogens is 458 g/mol. The van der Waals surface area contributed by atoms with E-state index in [2.05, 4.69) is 28.9 Å². The van der Waals surface area contributed by atoms with E-state index in [0.29, 0.717) is 4.90 Å². The molecule has 1 aliphatic heterocycles. The minimum Gasteiger partial charge on any atom is -0.348 e. The highest BCUT2D eigenvalue weighted by Gasteiger charge is 2.27. The van der Waals surface area contributed by atoms with Gasteiger partial charge in [-0.25, -0.2) is 18.4 Å². The summed E-state index contributed by atoms with van der Waals surface area (Å²) in [6.07, 6.45) is 3.10. The summed E-state index contributed by atoms with van der Waals surface area (Å²) < 4.78 is 28.9. The number of thiazole rings is 1. The van der Waals surface area contributed by atoms with Crippen LogP contribution in [0.5, 0.6) is 0 Å². The van der Waals surface area contributed by atoms with Gasteiger partial charge in [0.1, 0.15) is 10.3 Å². The summed E-state index contributed by atoms with van der Waals surface area (Å²) in [5.41, 5.74) is 2.54. The Hall–Kier alpha value is -2.85. The molecule has 0 atom stereocenters. The first-order valence-corrected chi connectivity index (χ1v) is 13.7. The maximum absolute atomic E-state index is 11.7. The Balaban J connectivity index is 1.31. The Kier molecular flexibility index (Phi) is 5.65. The molecule has 0 bridgehead atoms. The Labute approximate surface area is 196 Å². The lowest BCUT2D eigenvalue weighted by atomic mass is 9.97. The van der Waals surface area contributed by atoms with Gasteiger partial charge in [0, 0.05) is 36.7 Å². The van der Waals surface area contributed by atoms with Crippen LogP contribution in [-0.2, 0) is 9.84 Å². The zero-order valence-corrected chi connectivity index (χ0v) is 20.4. The van der Waals surface area contributed by atoms with Crippen molar-refractivity contribution in [3.63, 3.8) is 0 Å². The van der Waals surface area contributed by atoms with Gasteiger partial charge < -0.3 is 9.42 Å². The molecule has 0 spiro atoms. The van der Waals surface area contributed by atoms with Crippen LogP contribution in [0.3, 0.4) is 0 Å². The first kappa shape index (κ1) is 22.0. The van der Waals surface area contributed by atoms with Crippen LogP contribution in [0.25, 0.3) is 21.6 Å². The second kappa shape index (κ2) is 8.49. The number of anilines is 1. The molecule has 1 aromatic carbocycles. The molecule has 0 saturated carbocycles. The number of aromatic nitrogens is 4. The van der Waals surface area contributed by atoms with Crippen LogP contribution in [0.2, 0.25) is 0 Å². The minimum absolute atomic E-state index is 0.264. The van der Waals surface area contributed by atoms with E-state index in [1.807, 2.05) is 12.1 Å². The smallest absolute Gasteiger partial charge is 0.229 e. The number of hydrogen-bond acceptors (Lipinski definition) is 9. The molecule has 3 aromatic heterocycles. The molecule has 4 aromatic rings. The van der Waals surface area contributed by atoms with Crippen LogP contribution in [0.15, 0.2) is 45.8 Å². The van der Waals surface area contributed by atoms with E-state index in [0.717, 1.165) is 64.4 Å². The summed E-state index contributed by atoms with van der Waals surface area (Å²) in [5, 5.41) is 5.07. The van der Waals surface area contributed by atoms with Gasteiger partial charge in [-0.3, -0.25) is 0 Å². The third-order valence-electron chi connectivity index (χ3n) is 5.91. The lowest BCUT2D eigenvalue weighted by molar-refractivity contribution is 0.326. The van der Waals surface area contributed by atoms with Crippen molar-refractivity contribution in [1.82, 2.24) is 20.1 Å². The molecule has 5 rings (SSSR count). The SMILES string of the molecule is CC(C)c1noc(C2CCN(c3nc4ccc(-c5ccc(S(C)(=O)=O)cc5)nc4s3)CC2)n1. The Morgan fingerprint density at radius 1 is 1.03 bits per heavy atom. The fraction of sp³-hybridized carbons (Fsp3) is 0.391. The Morgan fingerprint density at radius 2 is 1.76 bits per heavy atom. The fourth-order valence-corrected chi connectivity index (χ4v) is 5.56. The molecule has 1 aliphatic rings.